The molecule has 5 nitrogen and oxygen atoms in total. The zero-order valence-corrected chi connectivity index (χ0v) is 13.6. The summed E-state index contributed by atoms with van der Waals surface area (Å²) in [4.78, 5) is 6.60. The number of rotatable bonds is 4. The standard InChI is InChI=1S/C17H17N3O2S/c1-22-12-6-2-10(3-7-12)13-9-23-17(19-13)15-14(21)8-20(16(15)18)11-4-5-11/h2-3,6-7,9,11,18,21H,4-5,8H2,1H3. The number of methoxy groups -OCH3 is 1. The van der Waals surface area contributed by atoms with Crippen molar-refractivity contribution in [1.82, 2.24) is 9.88 Å². The second-order valence-electron chi connectivity index (χ2n) is 5.80. The lowest BCUT2D eigenvalue weighted by Gasteiger charge is -2.16. The summed E-state index contributed by atoms with van der Waals surface area (Å²) >= 11 is 1.47. The van der Waals surface area contributed by atoms with E-state index in [1.165, 1.54) is 11.3 Å². The molecule has 118 valence electrons. The third kappa shape index (κ3) is 2.49. The Bertz CT molecular complexity index is 790. The van der Waals surface area contributed by atoms with Crippen LogP contribution in [0.15, 0.2) is 35.4 Å². The van der Waals surface area contributed by atoms with Crippen molar-refractivity contribution < 1.29 is 9.84 Å². The fraction of sp³-hybridized carbons (Fsp3) is 0.294. The van der Waals surface area contributed by atoms with E-state index in [-0.39, 0.29) is 5.76 Å². The highest BCUT2D eigenvalue weighted by molar-refractivity contribution is 7.11. The van der Waals surface area contributed by atoms with E-state index in [9.17, 15) is 5.11 Å². The lowest BCUT2D eigenvalue weighted by Crippen LogP contribution is -2.28. The van der Waals surface area contributed by atoms with Crippen molar-refractivity contribution in [2.45, 2.75) is 18.9 Å². The third-order valence-electron chi connectivity index (χ3n) is 4.22. The summed E-state index contributed by atoms with van der Waals surface area (Å²) in [5.41, 5.74) is 2.43. The normalized spacial score (nSPS) is 18.0. The quantitative estimate of drug-likeness (QED) is 0.901. The highest BCUT2D eigenvalue weighted by Gasteiger charge is 2.39. The van der Waals surface area contributed by atoms with Crippen LogP contribution in [0.3, 0.4) is 0 Å². The van der Waals surface area contributed by atoms with Gasteiger partial charge in [-0.05, 0) is 37.1 Å². The van der Waals surface area contributed by atoms with Crippen LogP contribution < -0.4 is 4.74 Å². The maximum atomic E-state index is 10.3. The number of nitrogens with zero attached hydrogens (tertiary/aromatic N) is 2. The zero-order valence-electron chi connectivity index (χ0n) is 12.7. The van der Waals surface area contributed by atoms with Crippen LogP contribution >= 0.6 is 11.3 Å². The largest absolute Gasteiger partial charge is 0.510 e. The van der Waals surface area contributed by atoms with Crippen molar-refractivity contribution in [3.05, 3.63) is 40.4 Å². The van der Waals surface area contributed by atoms with Gasteiger partial charge in [0.25, 0.3) is 0 Å². The van der Waals surface area contributed by atoms with Crippen LogP contribution in [-0.2, 0) is 0 Å². The lowest BCUT2D eigenvalue weighted by molar-refractivity contribution is 0.345. The van der Waals surface area contributed by atoms with Gasteiger partial charge in [0, 0.05) is 17.0 Å². The van der Waals surface area contributed by atoms with E-state index < -0.39 is 0 Å². The molecule has 2 N–H and O–H groups in total. The second-order valence-corrected chi connectivity index (χ2v) is 6.65. The van der Waals surface area contributed by atoms with Gasteiger partial charge in [-0.25, -0.2) is 4.98 Å². The predicted octanol–water partition coefficient (Wildman–Crippen LogP) is 3.54. The number of aliphatic hydroxyl groups is 1. The van der Waals surface area contributed by atoms with Crippen LogP contribution in [0.25, 0.3) is 16.8 Å². The summed E-state index contributed by atoms with van der Waals surface area (Å²) in [7, 11) is 1.64. The number of thiazole rings is 1. The van der Waals surface area contributed by atoms with Crippen LogP contribution in [0.1, 0.15) is 17.8 Å². The summed E-state index contributed by atoms with van der Waals surface area (Å²) in [5.74, 6) is 1.47. The zero-order chi connectivity index (χ0) is 16.0. The van der Waals surface area contributed by atoms with Gasteiger partial charge in [0.1, 0.15) is 22.4 Å². The molecule has 2 heterocycles. The Morgan fingerprint density at radius 3 is 2.70 bits per heavy atom. The molecule has 4 rings (SSSR count). The number of aromatic nitrogens is 1. The first kappa shape index (κ1) is 14.3. The molecule has 0 spiro atoms. The smallest absolute Gasteiger partial charge is 0.135 e. The van der Waals surface area contributed by atoms with Gasteiger partial charge in [-0.2, -0.15) is 0 Å². The average Bonchev–Trinajstić information content (AvgIpc) is 3.22. The highest BCUT2D eigenvalue weighted by Crippen LogP contribution is 2.37. The van der Waals surface area contributed by atoms with Crippen molar-refractivity contribution >= 4 is 22.7 Å². The second kappa shape index (κ2) is 5.38. The molecule has 0 unspecified atom stereocenters. The van der Waals surface area contributed by atoms with Crippen molar-refractivity contribution in [2.24, 2.45) is 0 Å². The molecule has 0 radical (unpaired) electrons. The van der Waals surface area contributed by atoms with E-state index in [0.717, 1.165) is 29.8 Å². The molecule has 6 heteroatoms. The third-order valence-corrected chi connectivity index (χ3v) is 5.08. The van der Waals surface area contributed by atoms with Gasteiger partial charge in [-0.15, -0.1) is 11.3 Å². The average molecular weight is 327 g/mol. The van der Waals surface area contributed by atoms with Gasteiger partial charge in [0.2, 0.25) is 0 Å². The fourth-order valence-corrected chi connectivity index (χ4v) is 3.70. The molecule has 0 atom stereocenters. The number of aliphatic hydroxyl groups excluding tert-OH is 1. The monoisotopic (exact) mass is 327 g/mol. The molecule has 0 bridgehead atoms. The Kier molecular flexibility index (Phi) is 3.34. The summed E-state index contributed by atoms with van der Waals surface area (Å²) in [6.45, 7) is 0.441. The minimum atomic E-state index is 0.262. The van der Waals surface area contributed by atoms with Crippen molar-refractivity contribution in [1.29, 1.82) is 5.41 Å². The molecule has 2 aromatic rings. The highest BCUT2D eigenvalue weighted by atomic mass is 32.1. The van der Waals surface area contributed by atoms with Gasteiger partial charge < -0.3 is 14.7 Å². The Morgan fingerprint density at radius 2 is 2.04 bits per heavy atom. The molecular formula is C17H17N3O2S. The summed E-state index contributed by atoms with van der Waals surface area (Å²) in [6.07, 6.45) is 2.22. The molecule has 1 aliphatic heterocycles. The van der Waals surface area contributed by atoms with Crippen molar-refractivity contribution in [2.75, 3.05) is 13.7 Å². The molecule has 1 aromatic carbocycles. The van der Waals surface area contributed by atoms with Gasteiger partial charge in [0.15, 0.2) is 0 Å². The first-order chi connectivity index (χ1) is 11.2. The molecule has 2 aliphatic rings. The molecule has 1 aromatic heterocycles. The number of nitrogens with one attached hydrogen (secondary N) is 1. The molecule has 1 aliphatic carbocycles. The van der Waals surface area contributed by atoms with E-state index in [4.69, 9.17) is 10.1 Å². The van der Waals surface area contributed by atoms with Crippen LogP contribution in [-0.4, -0.2) is 40.5 Å². The van der Waals surface area contributed by atoms with Crippen molar-refractivity contribution in [3.8, 4) is 17.0 Å². The Hall–Kier alpha value is -2.34. The van der Waals surface area contributed by atoms with Crippen LogP contribution in [0, 0.1) is 5.41 Å². The maximum Gasteiger partial charge on any atom is 0.135 e. The molecule has 1 fully saturated rings. The summed E-state index contributed by atoms with van der Waals surface area (Å²) in [6, 6.07) is 8.14. The van der Waals surface area contributed by atoms with E-state index in [2.05, 4.69) is 4.98 Å². The number of hydrogen-bond acceptors (Lipinski definition) is 5. The SMILES string of the molecule is COc1ccc(-c2csc(C3=C(O)CN(C4CC4)C3=N)n2)cc1. The van der Waals surface area contributed by atoms with Gasteiger partial charge in [0.05, 0.1) is 24.9 Å². The van der Waals surface area contributed by atoms with Gasteiger partial charge >= 0.3 is 0 Å². The van der Waals surface area contributed by atoms with Crippen molar-refractivity contribution in [3.63, 3.8) is 0 Å². The predicted molar refractivity (Wildman–Crippen MR) is 91.1 cm³/mol. The van der Waals surface area contributed by atoms with Crippen LogP contribution in [0.2, 0.25) is 0 Å². The van der Waals surface area contributed by atoms with E-state index in [1.807, 2.05) is 34.5 Å². The molecule has 0 amide bonds. The number of amidine groups is 1. The molecule has 1 saturated carbocycles. The summed E-state index contributed by atoms with van der Waals surface area (Å²) < 4.78 is 5.17. The van der Waals surface area contributed by atoms with Crippen LogP contribution in [0.4, 0.5) is 0 Å². The minimum absolute atomic E-state index is 0.262. The van der Waals surface area contributed by atoms with Gasteiger partial charge in [-0.1, -0.05) is 0 Å². The number of hydrogen-bond donors (Lipinski definition) is 2. The van der Waals surface area contributed by atoms with E-state index in [1.54, 1.807) is 7.11 Å². The number of ether oxygens (including phenoxy) is 1. The Morgan fingerprint density at radius 1 is 1.30 bits per heavy atom. The summed E-state index contributed by atoms with van der Waals surface area (Å²) in [5, 5.41) is 21.3. The first-order valence-electron chi connectivity index (χ1n) is 7.55. The maximum absolute atomic E-state index is 10.3. The fourth-order valence-electron chi connectivity index (χ4n) is 2.81. The minimum Gasteiger partial charge on any atom is -0.510 e. The lowest BCUT2D eigenvalue weighted by atomic mass is 10.1. The molecular weight excluding hydrogens is 310 g/mol. The molecule has 23 heavy (non-hydrogen) atoms. The van der Waals surface area contributed by atoms with E-state index >= 15 is 0 Å². The first-order valence-corrected chi connectivity index (χ1v) is 8.43. The topological polar surface area (TPSA) is 69.4 Å². The van der Waals surface area contributed by atoms with Crippen LogP contribution in [0.5, 0.6) is 5.75 Å². The number of benzene rings is 1. The molecule has 0 saturated heterocycles. The van der Waals surface area contributed by atoms with E-state index in [0.29, 0.717) is 29.0 Å². The Balaban J connectivity index is 1.62. The van der Waals surface area contributed by atoms with Gasteiger partial charge in [-0.3, -0.25) is 5.41 Å². The Labute approximate surface area is 138 Å².